The molecule has 39 nitrogen and oxygen atoms in total. The lowest BCUT2D eigenvalue weighted by molar-refractivity contribution is -0.432. The van der Waals surface area contributed by atoms with Gasteiger partial charge in [0.2, 0.25) is 0 Å². The van der Waals surface area contributed by atoms with E-state index in [0.29, 0.717) is 48.4 Å². The molecule has 7 aromatic carbocycles. The predicted molar refractivity (Wildman–Crippen MR) is 298 cm³/mol. The number of fused-ring (bicyclic) bond motifs is 2. The summed E-state index contributed by atoms with van der Waals surface area (Å²) in [5.41, 5.74) is -0.233. The summed E-state index contributed by atoms with van der Waals surface area (Å²) in [6.07, 6.45) is 0.182. The number of azo groups is 4. The highest BCUT2D eigenvalue weighted by Crippen LogP contribution is 2.51. The van der Waals surface area contributed by atoms with Crippen molar-refractivity contribution >= 4 is 161 Å². The molecule has 0 aliphatic heterocycles. The number of hydrogen-bond acceptors (Lipinski definition) is 36. The van der Waals surface area contributed by atoms with Gasteiger partial charge in [-0.25, -0.2) is 15.8 Å². The third-order valence-corrected chi connectivity index (χ3v) is 16.7. The molecule has 0 radical (unpaired) electrons. The van der Waals surface area contributed by atoms with Gasteiger partial charge in [-0.2, -0.15) is 38.8 Å². The molecule has 0 aliphatic carbocycles. The highest BCUT2D eigenvalue weighted by Gasteiger charge is 2.30. The van der Waals surface area contributed by atoms with E-state index < -0.39 is 153 Å². The summed E-state index contributed by atoms with van der Waals surface area (Å²) in [5.74, 6) is -2.47. The van der Waals surface area contributed by atoms with E-state index in [1.807, 2.05) is 0 Å². The first kappa shape index (κ1) is 67.3. The van der Waals surface area contributed by atoms with Crippen LogP contribution in [0, 0.1) is 27.2 Å². The van der Waals surface area contributed by atoms with Gasteiger partial charge in [0.05, 0.1) is 67.1 Å². The normalized spacial score (nSPS) is 12.7. The van der Waals surface area contributed by atoms with E-state index in [0.717, 1.165) is 36.4 Å². The van der Waals surface area contributed by atoms with Gasteiger partial charge in [0.25, 0.3) is 51.8 Å². The topological polar surface area (TPSA) is 594 Å². The molecule has 11 N–H and O–H groups in total. The fourth-order valence-electron chi connectivity index (χ4n) is 7.51. The van der Waals surface area contributed by atoms with Gasteiger partial charge in [0, 0.05) is 64.3 Å². The van der Waals surface area contributed by atoms with E-state index >= 15 is 0 Å². The molecule has 0 heterocycles. The van der Waals surface area contributed by atoms with E-state index in [4.69, 9.17) is 26.2 Å². The van der Waals surface area contributed by atoms with Gasteiger partial charge < -0.3 is 20.7 Å². The van der Waals surface area contributed by atoms with Crippen LogP contribution in [0.25, 0.3) is 21.5 Å². The molecule has 0 atom stereocenters. The van der Waals surface area contributed by atoms with Gasteiger partial charge >= 0.3 is 0 Å². The molecular formula is C42H33N11O28S7. The van der Waals surface area contributed by atoms with Crippen molar-refractivity contribution in [3.05, 3.63) is 105 Å². The first-order valence-electron chi connectivity index (χ1n) is 22.6. The van der Waals surface area contributed by atoms with Crippen molar-refractivity contribution in [2.45, 2.75) is 42.7 Å². The zero-order valence-corrected chi connectivity index (χ0v) is 48.5. The van der Waals surface area contributed by atoms with Crippen molar-refractivity contribution in [1.82, 2.24) is 0 Å². The van der Waals surface area contributed by atoms with Crippen molar-refractivity contribution in [2.75, 3.05) is 18.1 Å². The Bertz CT molecular complexity index is 4560. The molecule has 7 aromatic rings. The number of rotatable bonds is 27. The third kappa shape index (κ3) is 15.7. The van der Waals surface area contributed by atoms with Gasteiger partial charge in [0.15, 0.2) is 11.5 Å². The van der Waals surface area contributed by atoms with Crippen LogP contribution in [0.3, 0.4) is 0 Å². The summed E-state index contributed by atoms with van der Waals surface area (Å²) < 4.78 is 163. The molecule has 0 aliphatic rings. The Labute approximate surface area is 502 Å². The number of benzene rings is 7. The molecular weight excluding hydrogens is 1330 g/mol. The van der Waals surface area contributed by atoms with E-state index in [1.54, 1.807) is 0 Å². The summed E-state index contributed by atoms with van der Waals surface area (Å²) in [4.78, 5) is 15.3. The smallest absolute Gasteiger partial charge is 0.297 e. The number of anilines is 1. The Morgan fingerprint density at radius 1 is 0.523 bits per heavy atom. The number of hydrogen-bond donors (Lipinski definition) is 10. The minimum atomic E-state index is -5.69. The molecule has 7 rings (SSSR count). The van der Waals surface area contributed by atoms with Crippen molar-refractivity contribution < 1.29 is 121 Å². The Kier molecular flexibility index (Phi) is 21.3. The number of phenols is 2. The molecule has 0 aromatic heterocycles. The average Bonchev–Trinajstić information content (AvgIpc) is 0.787. The number of nitrogen functional groups attached to an aromatic ring is 1. The number of nitrogens with zero attached hydrogens (tertiary/aromatic N) is 10. The Morgan fingerprint density at radius 2 is 1.07 bits per heavy atom. The van der Waals surface area contributed by atoms with Crippen LogP contribution in [-0.4, -0.2) is 100 Å². The maximum atomic E-state index is 13.2. The molecule has 46 heteroatoms. The largest absolute Gasteiger partial charge is 0.505 e. The number of nitro groups is 2. The zero-order valence-electron chi connectivity index (χ0n) is 42.8. The molecule has 88 heavy (non-hydrogen) atoms. The molecule has 0 unspecified atom stereocenters. The minimum absolute atomic E-state index is 0.0274. The minimum Gasteiger partial charge on any atom is -0.505 e. The Balaban J connectivity index is 1.36. The number of nitrogens with two attached hydrogens (primary N) is 1. The lowest BCUT2D eigenvalue weighted by Gasteiger charge is -2.15. The van der Waals surface area contributed by atoms with Crippen LogP contribution >= 0.6 is 36.1 Å². The summed E-state index contributed by atoms with van der Waals surface area (Å²) >= 11 is 0.978. The molecule has 466 valence electrons. The molecule has 0 spiro atoms. The van der Waals surface area contributed by atoms with Crippen LogP contribution in [0.4, 0.5) is 62.6 Å². The average molecular weight is 1360 g/mol. The maximum Gasteiger partial charge on any atom is 0.297 e. The molecule has 0 saturated carbocycles. The van der Waals surface area contributed by atoms with Gasteiger partial charge in [-0.3, -0.25) is 38.4 Å². The van der Waals surface area contributed by atoms with Gasteiger partial charge in [0.1, 0.15) is 65.1 Å². The zero-order chi connectivity index (χ0) is 64.6. The molecule has 0 fully saturated rings. The standard InChI is InChI=1S/C42H33N11O28S7/c1-18-11-28(30(75-9-2-10-82-79-76-60)16-27(18)47-44-24-6-3-19(52(56)57)12-31(24)83-80-77-61)48-51-39-35(87(69,70)71)15-22-21(40(39)54)5-8-26(42(22)88(72,73)74)46-49-29-17-33(85(63,64)65)23-14-32(84-81-78-62)38(41(55)36(23)37(29)43)50-45-25-7-4-20(53(58)59)13-34(25)86(66,67)68/h3-8,11-17,54-55,60-62H,2,9-10,43H2,1H3,(H,63,64,65)(H,66,67,68)(H,69,70,71)(H,72,73,74). The van der Waals surface area contributed by atoms with Gasteiger partial charge in [-0.15, -0.1) is 48.8 Å². The molecule has 0 amide bonds. The van der Waals surface area contributed by atoms with E-state index in [1.165, 1.54) is 25.1 Å². The van der Waals surface area contributed by atoms with Crippen molar-refractivity contribution in [2.24, 2.45) is 40.9 Å². The number of non-ortho nitro benzene ring substituents is 2. The highest BCUT2D eigenvalue weighted by atomic mass is 32.2. The summed E-state index contributed by atoms with van der Waals surface area (Å²) in [7, 11) is -22.1. The van der Waals surface area contributed by atoms with Crippen molar-refractivity contribution in [3.63, 3.8) is 0 Å². The fourth-order valence-corrected chi connectivity index (χ4v) is 11.6. The Morgan fingerprint density at radius 3 is 1.68 bits per heavy atom. The van der Waals surface area contributed by atoms with Crippen molar-refractivity contribution in [1.29, 1.82) is 0 Å². The quantitative estimate of drug-likeness (QED) is 0.00334. The number of ether oxygens (including phenoxy) is 1. The van der Waals surface area contributed by atoms with Crippen molar-refractivity contribution in [3.8, 4) is 17.2 Å². The van der Waals surface area contributed by atoms with Crippen LogP contribution in [0.15, 0.2) is 149 Å². The maximum absolute atomic E-state index is 13.2. The van der Waals surface area contributed by atoms with Gasteiger partial charge in [-0.05, 0) is 67.4 Å². The second-order valence-corrected chi connectivity index (χ2v) is 24.4. The summed E-state index contributed by atoms with van der Waals surface area (Å²) in [6.45, 7) is 1.32. The molecule has 0 saturated heterocycles. The number of phenolic OH excluding ortho intramolecular Hbond substituents is 2. The van der Waals surface area contributed by atoms with Crippen LogP contribution in [0.5, 0.6) is 17.2 Å². The van der Waals surface area contributed by atoms with E-state index in [9.17, 15) is 82.3 Å². The lowest BCUT2D eigenvalue weighted by atomic mass is 10.0. The number of nitro benzene ring substituents is 2. The first-order chi connectivity index (χ1) is 41.4. The van der Waals surface area contributed by atoms with Crippen LogP contribution in [0.1, 0.15) is 12.0 Å². The highest BCUT2D eigenvalue weighted by molar-refractivity contribution is 7.95. The first-order valence-corrected chi connectivity index (χ1v) is 30.8. The number of aromatic hydroxyl groups is 2. The molecule has 0 bridgehead atoms. The van der Waals surface area contributed by atoms with Crippen LogP contribution < -0.4 is 10.5 Å². The van der Waals surface area contributed by atoms with Crippen LogP contribution in [0.2, 0.25) is 0 Å². The summed E-state index contributed by atoms with van der Waals surface area (Å²) in [5, 5.41) is 111. The second kappa shape index (κ2) is 27.9. The van der Waals surface area contributed by atoms with E-state index in [2.05, 4.69) is 69.0 Å². The monoisotopic (exact) mass is 1360 g/mol. The lowest BCUT2D eigenvalue weighted by Crippen LogP contribution is -2.03. The Hall–Kier alpha value is -8.21. The third-order valence-electron chi connectivity index (χ3n) is 11.2. The number of aryl methyl sites for hydroxylation is 1. The van der Waals surface area contributed by atoms with Gasteiger partial charge in [-0.1, -0.05) is 15.1 Å². The fraction of sp³-hybridized carbons (Fsp3) is 0.0952. The SMILES string of the molecule is Cc1cc(N=Nc2c(S(=O)(=O)O)cc3c(S(=O)(=O)O)c(N=Nc4cc(S(=O)(=O)O)c5cc(SOOO)c(N=Nc6ccc([N+](=O)[O-])cc6S(=O)(=O)O)c(O)c5c4N)ccc3c2O)c(OCCCSOOO)cc1N=Nc1ccc([N+](=O)[O-])cc1SOOO. The van der Waals surface area contributed by atoms with Crippen LogP contribution in [-0.2, 0) is 68.6 Å². The van der Waals surface area contributed by atoms with E-state index in [-0.39, 0.29) is 64.1 Å². The predicted octanol–water partition coefficient (Wildman–Crippen LogP) is 11.5. The second-order valence-electron chi connectivity index (χ2n) is 16.6. The summed E-state index contributed by atoms with van der Waals surface area (Å²) in [6, 6.07) is 11.0.